The zero-order chi connectivity index (χ0) is 16.7. The average molecular weight is 319 g/mol. The highest BCUT2D eigenvalue weighted by Gasteiger charge is 2.41. The lowest BCUT2D eigenvalue weighted by molar-refractivity contribution is -0.139. The molecule has 0 aliphatic heterocycles. The summed E-state index contributed by atoms with van der Waals surface area (Å²) in [6.45, 7) is 1.99. The fourth-order valence-corrected chi connectivity index (χ4v) is 2.89. The van der Waals surface area contributed by atoms with Gasteiger partial charge in [0.05, 0.1) is 0 Å². The van der Waals surface area contributed by atoms with E-state index in [-0.39, 0.29) is 0 Å². The van der Waals surface area contributed by atoms with E-state index in [1.165, 1.54) is 0 Å². The summed E-state index contributed by atoms with van der Waals surface area (Å²) in [5.74, 6) is -1.01. The standard InChI is InChI=1S/C18H25NO4/c1-2-3-10-15(16(20)21)19-17(22)23-18(11-7-12-18)13-14-8-5-4-6-9-14/h4-6,8-9,15H,2-3,7,10-13H2,1H3,(H,19,22)(H,20,21)/t15-/m0/s1. The van der Waals surface area contributed by atoms with Gasteiger partial charge in [0.2, 0.25) is 0 Å². The molecule has 1 saturated carbocycles. The number of alkyl carbamates (subject to hydrolysis) is 1. The Kier molecular flexibility index (Phi) is 6.02. The number of nitrogens with one attached hydrogen (secondary N) is 1. The van der Waals surface area contributed by atoms with Gasteiger partial charge in [-0.15, -0.1) is 0 Å². The molecule has 1 aliphatic carbocycles. The molecule has 2 N–H and O–H groups in total. The summed E-state index contributed by atoms with van der Waals surface area (Å²) in [5.41, 5.74) is 0.639. The van der Waals surface area contributed by atoms with Crippen LogP contribution in [-0.4, -0.2) is 28.8 Å². The summed E-state index contributed by atoms with van der Waals surface area (Å²) < 4.78 is 5.63. The smallest absolute Gasteiger partial charge is 0.408 e. The van der Waals surface area contributed by atoms with Crippen molar-refractivity contribution in [1.29, 1.82) is 0 Å². The van der Waals surface area contributed by atoms with Gasteiger partial charge in [0.1, 0.15) is 11.6 Å². The zero-order valence-electron chi connectivity index (χ0n) is 13.6. The van der Waals surface area contributed by atoms with Crippen molar-refractivity contribution in [2.45, 2.75) is 63.5 Å². The number of ether oxygens (including phenoxy) is 1. The van der Waals surface area contributed by atoms with Crippen molar-refractivity contribution in [3.63, 3.8) is 0 Å². The Bertz CT molecular complexity index is 525. The van der Waals surface area contributed by atoms with Crippen molar-refractivity contribution >= 4 is 12.1 Å². The predicted molar refractivity (Wildman–Crippen MR) is 87.3 cm³/mol. The van der Waals surface area contributed by atoms with Crippen molar-refractivity contribution < 1.29 is 19.4 Å². The monoisotopic (exact) mass is 319 g/mol. The summed E-state index contributed by atoms with van der Waals surface area (Å²) in [6, 6.07) is 9.04. The minimum absolute atomic E-state index is 0.423. The first-order valence-corrected chi connectivity index (χ1v) is 8.31. The molecule has 2 rings (SSSR count). The normalized spacial score (nSPS) is 16.9. The van der Waals surface area contributed by atoms with Gasteiger partial charge >= 0.3 is 12.1 Å². The maximum atomic E-state index is 12.1. The van der Waals surface area contributed by atoms with Crippen LogP contribution in [0.3, 0.4) is 0 Å². The highest BCUT2D eigenvalue weighted by molar-refractivity contribution is 5.80. The molecule has 1 fully saturated rings. The van der Waals surface area contributed by atoms with Gasteiger partial charge in [-0.05, 0) is 31.2 Å². The second-order valence-corrected chi connectivity index (χ2v) is 6.27. The summed E-state index contributed by atoms with van der Waals surface area (Å²) in [4.78, 5) is 23.3. The molecule has 1 aromatic carbocycles. The van der Waals surface area contributed by atoms with Crippen LogP contribution >= 0.6 is 0 Å². The maximum Gasteiger partial charge on any atom is 0.408 e. The molecule has 1 aromatic rings. The number of carbonyl (C=O) groups excluding carboxylic acids is 1. The molecule has 0 bridgehead atoms. The van der Waals surface area contributed by atoms with Crippen LogP contribution in [0.5, 0.6) is 0 Å². The van der Waals surface area contributed by atoms with Crippen molar-refractivity contribution in [1.82, 2.24) is 5.32 Å². The molecule has 0 saturated heterocycles. The SMILES string of the molecule is CCCC[C@H](NC(=O)OC1(Cc2ccccc2)CCC1)C(=O)O. The molecule has 1 aliphatic rings. The largest absolute Gasteiger partial charge is 0.480 e. The number of hydrogen-bond donors (Lipinski definition) is 2. The lowest BCUT2D eigenvalue weighted by Crippen LogP contribution is -2.49. The first-order chi connectivity index (χ1) is 11.0. The number of carboxylic acid groups (broad SMARTS) is 1. The third-order valence-electron chi connectivity index (χ3n) is 4.38. The second kappa shape index (κ2) is 7.99. The van der Waals surface area contributed by atoms with Crippen molar-refractivity contribution in [2.24, 2.45) is 0 Å². The number of carboxylic acids is 1. The molecule has 0 spiro atoms. The number of unbranched alkanes of at least 4 members (excludes halogenated alkanes) is 1. The number of carbonyl (C=O) groups is 2. The van der Waals surface area contributed by atoms with Crippen LogP contribution in [0.4, 0.5) is 4.79 Å². The fourth-order valence-electron chi connectivity index (χ4n) is 2.89. The predicted octanol–water partition coefficient (Wildman–Crippen LogP) is 3.52. The molecular weight excluding hydrogens is 294 g/mol. The van der Waals surface area contributed by atoms with Crippen molar-refractivity contribution in [2.75, 3.05) is 0 Å². The van der Waals surface area contributed by atoms with E-state index in [1.807, 2.05) is 37.3 Å². The van der Waals surface area contributed by atoms with Gasteiger partial charge in [0.25, 0.3) is 0 Å². The van der Waals surface area contributed by atoms with Crippen LogP contribution in [0.2, 0.25) is 0 Å². The highest BCUT2D eigenvalue weighted by Crippen LogP contribution is 2.38. The molecule has 1 atom stereocenters. The summed E-state index contributed by atoms with van der Waals surface area (Å²) in [7, 11) is 0. The Morgan fingerprint density at radius 1 is 1.30 bits per heavy atom. The summed E-state index contributed by atoms with van der Waals surface area (Å²) in [6.07, 6.45) is 4.79. The van der Waals surface area contributed by atoms with Gasteiger partial charge in [-0.2, -0.15) is 0 Å². The van der Waals surface area contributed by atoms with E-state index in [1.54, 1.807) is 0 Å². The Morgan fingerprint density at radius 3 is 2.52 bits per heavy atom. The molecule has 0 aromatic heterocycles. The van der Waals surface area contributed by atoms with Crippen LogP contribution in [-0.2, 0) is 16.0 Å². The quantitative estimate of drug-likeness (QED) is 0.768. The minimum atomic E-state index is -1.01. The van der Waals surface area contributed by atoms with Gasteiger partial charge in [0, 0.05) is 6.42 Å². The number of rotatable bonds is 8. The van der Waals surface area contributed by atoms with Crippen LogP contribution < -0.4 is 5.32 Å². The molecule has 0 radical (unpaired) electrons. The van der Waals surface area contributed by atoms with Crippen molar-refractivity contribution in [3.05, 3.63) is 35.9 Å². The van der Waals surface area contributed by atoms with Crippen LogP contribution in [0.1, 0.15) is 51.0 Å². The Morgan fingerprint density at radius 2 is 2.00 bits per heavy atom. The van der Waals surface area contributed by atoms with Crippen molar-refractivity contribution in [3.8, 4) is 0 Å². The first-order valence-electron chi connectivity index (χ1n) is 8.31. The molecular formula is C18H25NO4. The molecule has 5 nitrogen and oxygen atoms in total. The highest BCUT2D eigenvalue weighted by atomic mass is 16.6. The molecule has 5 heteroatoms. The van der Waals surface area contributed by atoms with Gasteiger partial charge in [-0.1, -0.05) is 50.1 Å². The van der Waals surface area contributed by atoms with E-state index >= 15 is 0 Å². The van der Waals surface area contributed by atoms with Gasteiger partial charge in [-0.25, -0.2) is 9.59 Å². The Labute approximate surface area is 137 Å². The number of aliphatic carboxylic acids is 1. The van der Waals surface area contributed by atoms with E-state index in [2.05, 4.69) is 5.32 Å². The number of hydrogen-bond acceptors (Lipinski definition) is 3. The van der Waals surface area contributed by atoms with Gasteiger partial charge in [-0.3, -0.25) is 0 Å². The molecule has 23 heavy (non-hydrogen) atoms. The first kappa shape index (κ1) is 17.3. The lowest BCUT2D eigenvalue weighted by atomic mass is 9.76. The molecule has 0 unspecified atom stereocenters. The third-order valence-corrected chi connectivity index (χ3v) is 4.38. The summed E-state index contributed by atoms with van der Waals surface area (Å²) >= 11 is 0. The fraction of sp³-hybridized carbons (Fsp3) is 0.556. The topological polar surface area (TPSA) is 75.6 Å². The van der Waals surface area contributed by atoms with Crippen LogP contribution in [0, 0.1) is 0 Å². The molecule has 126 valence electrons. The summed E-state index contributed by atoms with van der Waals surface area (Å²) in [5, 5.41) is 11.7. The Hall–Kier alpha value is -2.04. The zero-order valence-corrected chi connectivity index (χ0v) is 13.6. The molecule has 0 heterocycles. The minimum Gasteiger partial charge on any atom is -0.480 e. The maximum absolute atomic E-state index is 12.1. The number of benzene rings is 1. The molecule has 1 amide bonds. The lowest BCUT2D eigenvalue weighted by Gasteiger charge is -2.41. The van der Waals surface area contributed by atoms with E-state index in [0.717, 1.165) is 37.7 Å². The van der Waals surface area contributed by atoms with E-state index in [4.69, 9.17) is 4.74 Å². The van der Waals surface area contributed by atoms with Gasteiger partial charge in [0.15, 0.2) is 0 Å². The third kappa shape index (κ3) is 4.98. The van der Waals surface area contributed by atoms with E-state index in [9.17, 15) is 14.7 Å². The van der Waals surface area contributed by atoms with Crippen LogP contribution in [0.25, 0.3) is 0 Å². The van der Waals surface area contributed by atoms with Gasteiger partial charge < -0.3 is 15.2 Å². The number of amides is 1. The van der Waals surface area contributed by atoms with Crippen LogP contribution in [0.15, 0.2) is 30.3 Å². The van der Waals surface area contributed by atoms with E-state index in [0.29, 0.717) is 12.8 Å². The second-order valence-electron chi connectivity index (χ2n) is 6.27. The average Bonchev–Trinajstić information content (AvgIpc) is 2.50. The van der Waals surface area contributed by atoms with E-state index < -0.39 is 23.7 Å². The Balaban J connectivity index is 1.92.